The van der Waals surface area contributed by atoms with E-state index in [1.54, 1.807) is 24.3 Å². The van der Waals surface area contributed by atoms with Gasteiger partial charge in [0.1, 0.15) is 5.52 Å². The van der Waals surface area contributed by atoms with Gasteiger partial charge in [0, 0.05) is 11.2 Å². The molecular formula is C12H5Cl3N2O. The number of pyridine rings is 1. The maximum Gasteiger partial charge on any atom is 0.247 e. The third-order valence-electron chi connectivity index (χ3n) is 2.38. The van der Waals surface area contributed by atoms with Gasteiger partial charge in [-0.15, -0.1) is 0 Å². The first kappa shape index (κ1) is 11.8. The zero-order valence-corrected chi connectivity index (χ0v) is 11.1. The Balaban J connectivity index is 2.19. The zero-order chi connectivity index (χ0) is 12.7. The van der Waals surface area contributed by atoms with Gasteiger partial charge >= 0.3 is 0 Å². The molecule has 2 heterocycles. The number of benzene rings is 1. The Hall–Kier alpha value is -1.29. The standard InChI is InChI=1S/C12H5Cl3N2O/c13-6-1-2-8(9(15)3-6)11-17-10-4-7(14)5-16-12(10)18-11/h1-5H. The van der Waals surface area contributed by atoms with Gasteiger partial charge in [-0.25, -0.2) is 9.97 Å². The number of hydrogen-bond donors (Lipinski definition) is 0. The van der Waals surface area contributed by atoms with Crippen molar-refractivity contribution in [3.05, 3.63) is 45.5 Å². The number of nitrogens with zero attached hydrogens (tertiary/aromatic N) is 2. The fraction of sp³-hybridized carbons (Fsp3) is 0. The van der Waals surface area contributed by atoms with Crippen LogP contribution in [0.15, 0.2) is 34.9 Å². The molecule has 2 aromatic heterocycles. The molecule has 0 bridgehead atoms. The van der Waals surface area contributed by atoms with Gasteiger partial charge in [0.2, 0.25) is 11.6 Å². The molecule has 0 atom stereocenters. The van der Waals surface area contributed by atoms with Crippen molar-refractivity contribution < 1.29 is 4.42 Å². The minimum atomic E-state index is 0.390. The molecule has 18 heavy (non-hydrogen) atoms. The molecule has 90 valence electrons. The monoisotopic (exact) mass is 298 g/mol. The van der Waals surface area contributed by atoms with E-state index in [2.05, 4.69) is 9.97 Å². The second-order valence-electron chi connectivity index (χ2n) is 3.62. The summed E-state index contributed by atoms with van der Waals surface area (Å²) in [6.45, 7) is 0. The number of oxazole rings is 1. The van der Waals surface area contributed by atoms with E-state index in [0.717, 1.165) is 0 Å². The van der Waals surface area contributed by atoms with Crippen LogP contribution in [-0.2, 0) is 0 Å². The third kappa shape index (κ3) is 2.05. The molecule has 0 aliphatic rings. The lowest BCUT2D eigenvalue weighted by molar-refractivity contribution is 0.608. The van der Waals surface area contributed by atoms with E-state index in [4.69, 9.17) is 39.2 Å². The zero-order valence-electron chi connectivity index (χ0n) is 8.82. The van der Waals surface area contributed by atoms with Gasteiger partial charge in [-0.3, -0.25) is 0 Å². The van der Waals surface area contributed by atoms with E-state index in [1.165, 1.54) is 6.20 Å². The molecule has 0 aliphatic heterocycles. The van der Waals surface area contributed by atoms with Crippen LogP contribution in [0.5, 0.6) is 0 Å². The molecule has 0 aliphatic carbocycles. The van der Waals surface area contributed by atoms with Crippen molar-refractivity contribution in [1.82, 2.24) is 9.97 Å². The van der Waals surface area contributed by atoms with E-state index in [9.17, 15) is 0 Å². The molecule has 3 rings (SSSR count). The summed E-state index contributed by atoms with van der Waals surface area (Å²) in [4.78, 5) is 8.34. The topological polar surface area (TPSA) is 38.9 Å². The maximum absolute atomic E-state index is 6.09. The van der Waals surface area contributed by atoms with Crippen molar-refractivity contribution in [2.45, 2.75) is 0 Å². The highest BCUT2D eigenvalue weighted by Gasteiger charge is 2.12. The highest BCUT2D eigenvalue weighted by molar-refractivity contribution is 6.36. The lowest BCUT2D eigenvalue weighted by atomic mass is 10.2. The van der Waals surface area contributed by atoms with Crippen LogP contribution in [0.2, 0.25) is 15.1 Å². The smallest absolute Gasteiger partial charge is 0.247 e. The Labute approximate surface area is 117 Å². The number of hydrogen-bond acceptors (Lipinski definition) is 3. The summed E-state index contributed by atoms with van der Waals surface area (Å²) in [5.74, 6) is 0.390. The van der Waals surface area contributed by atoms with E-state index >= 15 is 0 Å². The van der Waals surface area contributed by atoms with Crippen molar-refractivity contribution in [2.75, 3.05) is 0 Å². The number of fused-ring (bicyclic) bond motifs is 1. The van der Waals surface area contributed by atoms with Gasteiger partial charge in [0.15, 0.2) is 0 Å². The number of halogens is 3. The SMILES string of the molecule is Clc1ccc(-c2nc3cc(Cl)cnc3o2)c(Cl)c1. The highest BCUT2D eigenvalue weighted by atomic mass is 35.5. The number of aromatic nitrogens is 2. The van der Waals surface area contributed by atoms with Crippen LogP contribution < -0.4 is 0 Å². The summed E-state index contributed by atoms with van der Waals surface area (Å²) in [5, 5.41) is 1.53. The highest BCUT2D eigenvalue weighted by Crippen LogP contribution is 2.31. The molecule has 0 fully saturated rings. The summed E-state index contributed by atoms with van der Waals surface area (Å²) in [6.07, 6.45) is 1.50. The lowest BCUT2D eigenvalue weighted by Crippen LogP contribution is -1.79. The summed E-state index contributed by atoms with van der Waals surface area (Å²) in [6, 6.07) is 6.78. The quantitative estimate of drug-likeness (QED) is 0.644. The molecule has 0 unspecified atom stereocenters. The summed E-state index contributed by atoms with van der Waals surface area (Å²) in [7, 11) is 0. The predicted molar refractivity (Wildman–Crippen MR) is 72.3 cm³/mol. The van der Waals surface area contributed by atoms with Crippen molar-refractivity contribution in [3.8, 4) is 11.5 Å². The average Bonchev–Trinajstić information content (AvgIpc) is 2.71. The van der Waals surface area contributed by atoms with Crippen LogP contribution in [0.4, 0.5) is 0 Å². The van der Waals surface area contributed by atoms with Crippen LogP contribution in [0, 0.1) is 0 Å². The Morgan fingerprint density at radius 2 is 1.83 bits per heavy atom. The molecular weight excluding hydrogens is 295 g/mol. The van der Waals surface area contributed by atoms with Crippen LogP contribution in [0.25, 0.3) is 22.7 Å². The van der Waals surface area contributed by atoms with Crippen molar-refractivity contribution >= 4 is 46.0 Å². The van der Waals surface area contributed by atoms with Gasteiger partial charge < -0.3 is 4.42 Å². The summed E-state index contributed by atoms with van der Waals surface area (Å²) >= 11 is 17.8. The van der Waals surface area contributed by atoms with E-state index in [1.807, 2.05) is 0 Å². The van der Waals surface area contributed by atoms with Crippen LogP contribution in [0.1, 0.15) is 0 Å². The van der Waals surface area contributed by atoms with Crippen LogP contribution >= 0.6 is 34.8 Å². The van der Waals surface area contributed by atoms with Gasteiger partial charge in [-0.1, -0.05) is 34.8 Å². The number of rotatable bonds is 1. The fourth-order valence-electron chi connectivity index (χ4n) is 1.58. The largest absolute Gasteiger partial charge is 0.418 e. The second kappa shape index (κ2) is 4.43. The lowest BCUT2D eigenvalue weighted by Gasteiger charge is -1.98. The molecule has 6 heteroatoms. The molecule has 0 radical (unpaired) electrons. The van der Waals surface area contributed by atoms with Crippen molar-refractivity contribution in [3.63, 3.8) is 0 Å². The predicted octanol–water partition coefficient (Wildman–Crippen LogP) is 4.85. The van der Waals surface area contributed by atoms with Gasteiger partial charge in [-0.05, 0) is 24.3 Å². The van der Waals surface area contributed by atoms with Gasteiger partial charge in [0.05, 0.1) is 15.6 Å². The first-order chi connectivity index (χ1) is 8.63. The Bertz CT molecular complexity index is 739. The first-order valence-corrected chi connectivity index (χ1v) is 6.14. The third-order valence-corrected chi connectivity index (χ3v) is 3.13. The van der Waals surface area contributed by atoms with E-state index < -0.39 is 0 Å². The minimum Gasteiger partial charge on any atom is -0.418 e. The second-order valence-corrected chi connectivity index (χ2v) is 4.90. The van der Waals surface area contributed by atoms with Gasteiger partial charge in [-0.2, -0.15) is 0 Å². The molecule has 0 amide bonds. The Morgan fingerprint density at radius 3 is 2.61 bits per heavy atom. The van der Waals surface area contributed by atoms with Crippen LogP contribution in [0.3, 0.4) is 0 Å². The molecule has 0 saturated carbocycles. The summed E-state index contributed by atoms with van der Waals surface area (Å²) < 4.78 is 5.52. The molecule has 0 N–H and O–H groups in total. The Morgan fingerprint density at radius 1 is 1.00 bits per heavy atom. The Kier molecular flexibility index (Phi) is 2.90. The normalized spacial score (nSPS) is 11.1. The molecule has 1 aromatic carbocycles. The van der Waals surface area contributed by atoms with Crippen LogP contribution in [-0.4, -0.2) is 9.97 Å². The molecule has 3 aromatic rings. The molecule has 0 saturated heterocycles. The van der Waals surface area contributed by atoms with Crippen molar-refractivity contribution in [2.24, 2.45) is 0 Å². The summed E-state index contributed by atoms with van der Waals surface area (Å²) in [5.41, 5.74) is 1.67. The van der Waals surface area contributed by atoms with Gasteiger partial charge in [0.25, 0.3) is 0 Å². The minimum absolute atomic E-state index is 0.390. The fourth-order valence-corrected chi connectivity index (χ4v) is 2.22. The first-order valence-electron chi connectivity index (χ1n) is 5.01. The molecule has 0 spiro atoms. The van der Waals surface area contributed by atoms with E-state index in [0.29, 0.717) is 37.8 Å². The average molecular weight is 300 g/mol. The maximum atomic E-state index is 6.09. The van der Waals surface area contributed by atoms with Crippen molar-refractivity contribution in [1.29, 1.82) is 0 Å². The molecule has 3 nitrogen and oxygen atoms in total. The van der Waals surface area contributed by atoms with E-state index in [-0.39, 0.29) is 0 Å².